The van der Waals surface area contributed by atoms with E-state index in [1.165, 1.54) is 18.2 Å². The monoisotopic (exact) mass is 631 g/mol. The molecule has 0 aliphatic carbocycles. The molecule has 3 aromatic carbocycles. The van der Waals surface area contributed by atoms with Crippen LogP contribution in [-0.4, -0.2) is 60.7 Å². The molecular weight excluding hydrogens is 601 g/mol. The Bertz CT molecular complexity index is 2070. The zero-order valence-electron chi connectivity index (χ0n) is 25.1. The Balaban J connectivity index is 1.12. The Hall–Kier alpha value is -5.09. The maximum atomic E-state index is 14.9. The lowest BCUT2D eigenvalue weighted by Gasteiger charge is -2.24. The number of ketones is 2. The highest BCUT2D eigenvalue weighted by atomic mass is 32.1. The lowest BCUT2D eigenvalue weighted by Crippen LogP contribution is -2.42. The number of carbonyl (C=O) groups is 3. The average Bonchev–Trinajstić information content (AvgIpc) is 3.77. The van der Waals surface area contributed by atoms with E-state index in [2.05, 4.69) is 9.97 Å². The van der Waals surface area contributed by atoms with Gasteiger partial charge in [0.1, 0.15) is 24.1 Å². The fourth-order valence-corrected chi connectivity index (χ4v) is 7.33. The number of likely N-dealkylation sites (tertiary alicyclic amines) is 1. The molecule has 7 rings (SSSR count). The zero-order chi connectivity index (χ0) is 31.8. The number of para-hydroxylation sites is 1. The summed E-state index contributed by atoms with van der Waals surface area (Å²) in [7, 11) is 0. The fourth-order valence-electron chi connectivity index (χ4n) is 6.30. The topological polar surface area (TPSA) is 98.1 Å². The summed E-state index contributed by atoms with van der Waals surface area (Å²) in [4.78, 5) is 54.3. The minimum Gasteiger partial charge on any atom is -0.337 e. The van der Waals surface area contributed by atoms with Crippen LogP contribution in [0, 0.1) is 0 Å². The highest BCUT2D eigenvalue weighted by molar-refractivity contribution is 7.21. The standard InChI is InChI=1S/C36H30FN5O3S/c1-22(43)29-19-41(31-11-10-23(13-28(29)31)12-24-16-38-21-39-17-24)20-35(45)42-18-26(37)15-32(42)33(44)14-25-6-2-3-7-27(25)36-40-30-8-4-5-9-34(30)46-36/h2-11,13,16-17,19,21,26,32H,12,14-15,18,20H2,1H3/t26-,32+/m1/s1. The molecule has 1 aliphatic rings. The van der Waals surface area contributed by atoms with Crippen LogP contribution in [0.1, 0.15) is 40.4 Å². The van der Waals surface area contributed by atoms with Gasteiger partial charge in [0.05, 0.1) is 22.8 Å². The van der Waals surface area contributed by atoms with E-state index in [4.69, 9.17) is 4.98 Å². The third-order valence-electron chi connectivity index (χ3n) is 8.50. The maximum absolute atomic E-state index is 14.9. The van der Waals surface area contributed by atoms with Crippen molar-refractivity contribution in [3.05, 3.63) is 114 Å². The van der Waals surface area contributed by atoms with Gasteiger partial charge in [-0.05, 0) is 47.9 Å². The summed E-state index contributed by atoms with van der Waals surface area (Å²) >= 11 is 1.56. The first kappa shape index (κ1) is 29.6. The van der Waals surface area contributed by atoms with Gasteiger partial charge in [-0.25, -0.2) is 19.3 Å². The molecule has 0 radical (unpaired) electrons. The van der Waals surface area contributed by atoms with E-state index in [1.807, 2.05) is 66.7 Å². The van der Waals surface area contributed by atoms with E-state index in [0.717, 1.165) is 48.4 Å². The number of Topliss-reactive ketones (excluding diaryl/α,β-unsaturated/α-hetero) is 2. The number of fused-ring (bicyclic) bond motifs is 2. The van der Waals surface area contributed by atoms with Crippen molar-refractivity contribution < 1.29 is 18.8 Å². The molecular formula is C36H30FN5O3S. The van der Waals surface area contributed by atoms with Crippen LogP contribution in [-0.2, 0) is 29.0 Å². The second kappa shape index (κ2) is 12.4. The Morgan fingerprint density at radius 3 is 2.57 bits per heavy atom. The van der Waals surface area contributed by atoms with E-state index >= 15 is 0 Å². The van der Waals surface area contributed by atoms with Gasteiger partial charge in [-0.3, -0.25) is 14.4 Å². The number of nitrogens with zero attached hydrogens (tertiary/aromatic N) is 5. The molecule has 4 heterocycles. The number of aromatic nitrogens is 4. The number of rotatable bonds is 9. The van der Waals surface area contributed by atoms with Crippen molar-refractivity contribution in [2.75, 3.05) is 6.54 Å². The summed E-state index contributed by atoms with van der Waals surface area (Å²) < 4.78 is 17.6. The Morgan fingerprint density at radius 1 is 0.978 bits per heavy atom. The SMILES string of the molecule is CC(=O)c1cn(CC(=O)N2C[C@H](F)C[C@H]2C(=O)Cc2ccccc2-c2nc3ccccc3s2)c2ccc(Cc3cncnc3)cc12. The van der Waals surface area contributed by atoms with Crippen LogP contribution in [0.15, 0.2) is 91.6 Å². The summed E-state index contributed by atoms with van der Waals surface area (Å²) in [5, 5.41) is 1.55. The zero-order valence-corrected chi connectivity index (χ0v) is 25.9. The largest absolute Gasteiger partial charge is 0.337 e. The number of amides is 1. The molecule has 230 valence electrons. The normalized spacial score (nSPS) is 16.3. The quantitative estimate of drug-likeness (QED) is 0.175. The molecule has 1 amide bonds. The Labute approximate surface area is 268 Å². The Morgan fingerprint density at radius 2 is 1.76 bits per heavy atom. The molecule has 1 saturated heterocycles. The van der Waals surface area contributed by atoms with Crippen molar-refractivity contribution in [1.29, 1.82) is 0 Å². The smallest absolute Gasteiger partial charge is 0.243 e. The number of hydrogen-bond acceptors (Lipinski definition) is 7. The van der Waals surface area contributed by atoms with Gasteiger partial charge in [0.25, 0.3) is 0 Å². The van der Waals surface area contributed by atoms with Crippen molar-refractivity contribution in [2.45, 2.75) is 44.9 Å². The summed E-state index contributed by atoms with van der Waals surface area (Å²) in [5.41, 5.74) is 5.68. The van der Waals surface area contributed by atoms with E-state index in [1.54, 1.807) is 34.5 Å². The summed E-state index contributed by atoms with van der Waals surface area (Å²) in [6, 6.07) is 20.4. The highest BCUT2D eigenvalue weighted by Gasteiger charge is 2.39. The molecule has 6 aromatic rings. The van der Waals surface area contributed by atoms with Gasteiger partial charge < -0.3 is 9.47 Å². The van der Waals surface area contributed by atoms with Gasteiger partial charge in [0, 0.05) is 59.9 Å². The molecule has 3 aromatic heterocycles. The molecule has 2 atom stereocenters. The van der Waals surface area contributed by atoms with Crippen molar-refractivity contribution in [1.82, 2.24) is 24.4 Å². The van der Waals surface area contributed by atoms with Gasteiger partial charge >= 0.3 is 0 Å². The lowest BCUT2D eigenvalue weighted by molar-refractivity contribution is -0.137. The molecule has 0 spiro atoms. The number of halogens is 1. The van der Waals surface area contributed by atoms with Gasteiger partial charge in [-0.15, -0.1) is 11.3 Å². The molecule has 0 saturated carbocycles. The third-order valence-corrected chi connectivity index (χ3v) is 9.57. The number of carbonyl (C=O) groups excluding carboxylic acids is 3. The molecule has 46 heavy (non-hydrogen) atoms. The molecule has 1 fully saturated rings. The van der Waals surface area contributed by atoms with Crippen molar-refractivity contribution in [3.63, 3.8) is 0 Å². The van der Waals surface area contributed by atoms with E-state index < -0.39 is 12.2 Å². The van der Waals surface area contributed by atoms with Gasteiger partial charge in [-0.2, -0.15) is 0 Å². The molecule has 0 bridgehead atoms. The van der Waals surface area contributed by atoms with Crippen LogP contribution in [0.3, 0.4) is 0 Å². The second-order valence-corrected chi connectivity index (χ2v) is 12.7. The predicted octanol–water partition coefficient (Wildman–Crippen LogP) is 6.25. The summed E-state index contributed by atoms with van der Waals surface area (Å²) in [6.45, 7) is 1.24. The molecule has 10 heteroatoms. The van der Waals surface area contributed by atoms with Crippen LogP contribution in [0.25, 0.3) is 31.7 Å². The Kier molecular flexibility index (Phi) is 7.96. The average molecular weight is 632 g/mol. The highest BCUT2D eigenvalue weighted by Crippen LogP contribution is 2.33. The fraction of sp³-hybridized carbons (Fsp3) is 0.222. The predicted molar refractivity (Wildman–Crippen MR) is 176 cm³/mol. The minimum absolute atomic E-state index is 0.0362. The van der Waals surface area contributed by atoms with Crippen LogP contribution >= 0.6 is 11.3 Å². The van der Waals surface area contributed by atoms with Crippen LogP contribution < -0.4 is 0 Å². The van der Waals surface area contributed by atoms with E-state index in [-0.39, 0.29) is 43.4 Å². The first-order valence-electron chi connectivity index (χ1n) is 15.1. The van der Waals surface area contributed by atoms with Crippen LogP contribution in [0.4, 0.5) is 4.39 Å². The van der Waals surface area contributed by atoms with Gasteiger partial charge in [0.2, 0.25) is 5.91 Å². The van der Waals surface area contributed by atoms with Gasteiger partial charge in [0.15, 0.2) is 11.6 Å². The van der Waals surface area contributed by atoms with Crippen LogP contribution in [0.2, 0.25) is 0 Å². The van der Waals surface area contributed by atoms with E-state index in [9.17, 15) is 18.8 Å². The summed E-state index contributed by atoms with van der Waals surface area (Å²) in [5.74, 6) is -0.699. The van der Waals surface area contributed by atoms with E-state index in [0.29, 0.717) is 12.0 Å². The van der Waals surface area contributed by atoms with Gasteiger partial charge in [-0.1, -0.05) is 42.5 Å². The first-order chi connectivity index (χ1) is 22.3. The minimum atomic E-state index is -1.30. The lowest BCUT2D eigenvalue weighted by atomic mass is 9.98. The molecule has 8 nitrogen and oxygen atoms in total. The number of hydrogen-bond donors (Lipinski definition) is 0. The molecule has 0 unspecified atom stereocenters. The van der Waals surface area contributed by atoms with Crippen molar-refractivity contribution in [3.8, 4) is 10.6 Å². The summed E-state index contributed by atoms with van der Waals surface area (Å²) in [6.07, 6.45) is 5.97. The van der Waals surface area contributed by atoms with Crippen molar-refractivity contribution >= 4 is 49.9 Å². The molecule has 1 aliphatic heterocycles. The number of benzene rings is 3. The number of alkyl halides is 1. The third kappa shape index (κ3) is 5.83. The second-order valence-electron chi connectivity index (χ2n) is 11.7. The molecule has 0 N–H and O–H groups in total. The first-order valence-corrected chi connectivity index (χ1v) is 15.9. The maximum Gasteiger partial charge on any atom is 0.243 e. The van der Waals surface area contributed by atoms with Crippen LogP contribution in [0.5, 0.6) is 0 Å². The van der Waals surface area contributed by atoms with Crippen molar-refractivity contribution in [2.24, 2.45) is 0 Å². The number of thiazole rings is 1.